The van der Waals surface area contributed by atoms with E-state index in [4.69, 9.17) is 33.5 Å². The Morgan fingerprint density at radius 3 is 2.42 bits per heavy atom. The first kappa shape index (κ1) is 26.7. The zero-order chi connectivity index (χ0) is 24.2. The van der Waals surface area contributed by atoms with Crippen molar-refractivity contribution in [2.75, 3.05) is 61.3 Å². The van der Waals surface area contributed by atoms with Gasteiger partial charge in [0.15, 0.2) is 12.0 Å². The highest BCUT2D eigenvalue weighted by Gasteiger charge is 2.31. The number of nitrogens with zero attached hydrogens (tertiary/aromatic N) is 1. The Morgan fingerprint density at radius 2 is 1.82 bits per heavy atom. The van der Waals surface area contributed by atoms with Crippen molar-refractivity contribution in [2.24, 2.45) is 0 Å². The van der Waals surface area contributed by atoms with Crippen LogP contribution >= 0.6 is 0 Å². The van der Waals surface area contributed by atoms with Crippen molar-refractivity contribution in [3.8, 4) is 0 Å². The van der Waals surface area contributed by atoms with E-state index < -0.39 is 18.5 Å². The molecule has 2 unspecified atom stereocenters. The zero-order valence-electron chi connectivity index (χ0n) is 19.5. The third-order valence-electron chi connectivity index (χ3n) is 5.09. The number of amides is 1. The monoisotopic (exact) mass is 467 g/mol. The number of allylic oxidation sites excluding steroid dienone is 1. The van der Waals surface area contributed by atoms with Gasteiger partial charge in [-0.05, 0) is 23.8 Å². The van der Waals surface area contributed by atoms with Crippen LogP contribution in [0.25, 0.3) is 0 Å². The van der Waals surface area contributed by atoms with Crippen molar-refractivity contribution >= 4 is 11.9 Å². The average Bonchev–Trinajstić information content (AvgIpc) is 2.85. The number of aliphatic hydroxyl groups excluding tert-OH is 1. The second-order valence-electron chi connectivity index (χ2n) is 7.33. The summed E-state index contributed by atoms with van der Waals surface area (Å²) >= 11 is 0. The van der Waals surface area contributed by atoms with Crippen molar-refractivity contribution < 1.29 is 43.1 Å². The Morgan fingerprint density at radius 1 is 1.12 bits per heavy atom. The molecular formula is C23H33NO9. The van der Waals surface area contributed by atoms with Gasteiger partial charge in [-0.3, -0.25) is 4.79 Å². The lowest BCUT2D eigenvalue weighted by Gasteiger charge is -2.31. The van der Waals surface area contributed by atoms with Crippen molar-refractivity contribution in [3.05, 3.63) is 47.2 Å². The summed E-state index contributed by atoms with van der Waals surface area (Å²) in [5, 5.41) is 8.80. The lowest BCUT2D eigenvalue weighted by Crippen LogP contribution is -2.39. The highest BCUT2D eigenvalue weighted by Crippen LogP contribution is 2.32. The second kappa shape index (κ2) is 13.9. The van der Waals surface area contributed by atoms with E-state index in [2.05, 4.69) is 0 Å². The summed E-state index contributed by atoms with van der Waals surface area (Å²) in [6.45, 7) is 0.895. The molecule has 0 fully saturated rings. The van der Waals surface area contributed by atoms with Crippen LogP contribution in [0.2, 0.25) is 0 Å². The van der Waals surface area contributed by atoms with E-state index in [1.165, 1.54) is 26.2 Å². The van der Waals surface area contributed by atoms with Crippen LogP contribution in [-0.2, 0) is 33.2 Å². The minimum atomic E-state index is -0.675. The lowest BCUT2D eigenvalue weighted by molar-refractivity contribution is -0.161. The van der Waals surface area contributed by atoms with E-state index >= 15 is 0 Å². The first-order chi connectivity index (χ1) is 15.9. The summed E-state index contributed by atoms with van der Waals surface area (Å²) in [7, 11) is 5.96. The Kier molecular flexibility index (Phi) is 11.3. The highest BCUT2D eigenvalue weighted by molar-refractivity contribution is 5.91. The first-order valence-corrected chi connectivity index (χ1v) is 10.6. The van der Waals surface area contributed by atoms with Gasteiger partial charge in [0.2, 0.25) is 6.29 Å². The van der Waals surface area contributed by atoms with Gasteiger partial charge < -0.3 is 38.4 Å². The number of hydrogen-bond donors (Lipinski definition) is 1. The molecule has 0 aliphatic carbocycles. The SMILES string of the molecule is COC(=O)c1ccc(C2C=C(C(=O)N(C)CC(OC)OC)OC(OCCOCCO)C2)cc1. The van der Waals surface area contributed by atoms with Gasteiger partial charge in [-0.2, -0.15) is 0 Å². The molecule has 1 amide bonds. The standard InChI is InChI=1S/C23H33NO9/c1-24(15-21(28-2)29-3)22(26)19-13-18(14-20(33-19)32-12-11-31-10-9-25)16-5-7-17(8-6-16)23(27)30-4/h5-8,13,18,20-21,25H,9-12,14-15H2,1-4H3. The van der Waals surface area contributed by atoms with Gasteiger partial charge in [-0.1, -0.05) is 12.1 Å². The summed E-state index contributed by atoms with van der Waals surface area (Å²) in [5.74, 6) is -0.786. The molecule has 0 radical (unpaired) electrons. The van der Waals surface area contributed by atoms with E-state index in [1.807, 2.05) is 12.1 Å². The van der Waals surface area contributed by atoms with Crippen LogP contribution in [0.5, 0.6) is 0 Å². The van der Waals surface area contributed by atoms with Gasteiger partial charge >= 0.3 is 5.97 Å². The minimum Gasteiger partial charge on any atom is -0.465 e. The summed E-state index contributed by atoms with van der Waals surface area (Å²) in [6.07, 6.45) is 0.978. The summed E-state index contributed by atoms with van der Waals surface area (Å²) in [6, 6.07) is 6.99. The van der Waals surface area contributed by atoms with Crippen molar-refractivity contribution in [1.82, 2.24) is 4.90 Å². The molecule has 0 spiro atoms. The summed E-state index contributed by atoms with van der Waals surface area (Å²) < 4.78 is 31.9. The van der Waals surface area contributed by atoms with Crippen LogP contribution in [0.1, 0.15) is 28.3 Å². The molecule has 1 heterocycles. The van der Waals surface area contributed by atoms with E-state index in [-0.39, 0.29) is 50.6 Å². The number of carbonyl (C=O) groups is 2. The van der Waals surface area contributed by atoms with Crippen LogP contribution in [0, 0.1) is 0 Å². The molecule has 2 rings (SSSR count). The first-order valence-electron chi connectivity index (χ1n) is 10.6. The molecule has 1 aliphatic heterocycles. The Bertz CT molecular complexity index is 777. The van der Waals surface area contributed by atoms with Gasteiger partial charge in [0.05, 0.1) is 45.6 Å². The molecule has 0 aromatic heterocycles. The molecule has 1 aliphatic rings. The number of carbonyl (C=O) groups excluding carboxylic acids is 2. The predicted molar refractivity (Wildman–Crippen MR) is 117 cm³/mol. The Labute approximate surface area is 193 Å². The number of rotatable bonds is 13. The number of likely N-dealkylation sites (N-methyl/N-ethyl adjacent to an activating group) is 1. The van der Waals surface area contributed by atoms with Crippen molar-refractivity contribution in [3.63, 3.8) is 0 Å². The fourth-order valence-corrected chi connectivity index (χ4v) is 3.27. The second-order valence-corrected chi connectivity index (χ2v) is 7.33. The van der Waals surface area contributed by atoms with Crippen LogP contribution in [-0.4, -0.2) is 95.8 Å². The number of methoxy groups -OCH3 is 3. The van der Waals surface area contributed by atoms with Gasteiger partial charge in [-0.25, -0.2) is 4.79 Å². The van der Waals surface area contributed by atoms with Crippen LogP contribution < -0.4 is 0 Å². The Hall–Kier alpha value is -2.50. The van der Waals surface area contributed by atoms with Gasteiger partial charge in [-0.15, -0.1) is 0 Å². The van der Waals surface area contributed by atoms with Crippen molar-refractivity contribution in [2.45, 2.75) is 24.9 Å². The third-order valence-corrected chi connectivity index (χ3v) is 5.09. The van der Waals surface area contributed by atoms with Gasteiger partial charge in [0, 0.05) is 33.6 Å². The fourth-order valence-electron chi connectivity index (χ4n) is 3.27. The molecule has 1 aromatic rings. The van der Waals surface area contributed by atoms with Crippen molar-refractivity contribution in [1.29, 1.82) is 0 Å². The summed E-state index contributed by atoms with van der Waals surface area (Å²) in [5.41, 5.74) is 1.34. The molecule has 10 nitrogen and oxygen atoms in total. The maximum atomic E-state index is 13.0. The lowest BCUT2D eigenvalue weighted by atomic mass is 9.92. The number of aliphatic hydroxyl groups is 1. The number of hydrogen-bond acceptors (Lipinski definition) is 9. The molecule has 0 saturated heterocycles. The van der Waals surface area contributed by atoms with Gasteiger partial charge in [0.1, 0.15) is 0 Å². The van der Waals surface area contributed by atoms with Crippen LogP contribution in [0.3, 0.4) is 0 Å². The van der Waals surface area contributed by atoms with Gasteiger partial charge in [0.25, 0.3) is 5.91 Å². The highest BCUT2D eigenvalue weighted by atomic mass is 16.7. The molecule has 184 valence electrons. The third kappa shape index (κ3) is 8.09. The normalized spacial score (nSPS) is 17.9. The number of benzene rings is 1. The smallest absolute Gasteiger partial charge is 0.337 e. The predicted octanol–water partition coefficient (Wildman–Crippen LogP) is 1.29. The summed E-state index contributed by atoms with van der Waals surface area (Å²) in [4.78, 5) is 26.2. The average molecular weight is 468 g/mol. The molecule has 0 saturated carbocycles. The quantitative estimate of drug-likeness (QED) is 0.260. The minimum absolute atomic E-state index is 0.0682. The van der Waals surface area contributed by atoms with Crippen LogP contribution in [0.15, 0.2) is 36.1 Å². The fraction of sp³-hybridized carbons (Fsp3) is 0.565. The Balaban J connectivity index is 2.17. The molecule has 1 N–H and O–H groups in total. The molecule has 2 atom stereocenters. The topological polar surface area (TPSA) is 113 Å². The zero-order valence-corrected chi connectivity index (χ0v) is 19.5. The maximum Gasteiger partial charge on any atom is 0.337 e. The van der Waals surface area contributed by atoms with E-state index in [0.717, 1.165) is 5.56 Å². The molecular weight excluding hydrogens is 434 g/mol. The molecule has 10 heteroatoms. The van der Waals surface area contributed by atoms with Crippen LogP contribution in [0.4, 0.5) is 0 Å². The molecule has 0 bridgehead atoms. The van der Waals surface area contributed by atoms with E-state index in [1.54, 1.807) is 25.3 Å². The number of ether oxygens (including phenoxy) is 6. The molecule has 1 aromatic carbocycles. The molecule has 33 heavy (non-hydrogen) atoms. The largest absolute Gasteiger partial charge is 0.465 e. The van der Waals surface area contributed by atoms with E-state index in [9.17, 15) is 9.59 Å². The van der Waals surface area contributed by atoms with E-state index in [0.29, 0.717) is 12.0 Å². The number of esters is 1. The maximum absolute atomic E-state index is 13.0.